The molecule has 2 aliphatic heterocycles. The van der Waals surface area contributed by atoms with E-state index in [2.05, 4.69) is 5.32 Å². The van der Waals surface area contributed by atoms with E-state index < -0.39 is 0 Å². The summed E-state index contributed by atoms with van der Waals surface area (Å²) in [6.45, 7) is 4.22. The number of fused-ring (bicyclic) bond motifs is 2. The molecule has 0 aliphatic carbocycles. The van der Waals surface area contributed by atoms with Crippen LogP contribution < -0.4 is 11.1 Å². The largest absolute Gasteiger partial charge is 0.419 e. The molecule has 25 heavy (non-hydrogen) atoms. The summed E-state index contributed by atoms with van der Waals surface area (Å²) in [6.07, 6.45) is 2.51. The summed E-state index contributed by atoms with van der Waals surface area (Å²) in [5, 5.41) is 3.45. The van der Waals surface area contributed by atoms with Gasteiger partial charge in [-0.15, -0.1) is 12.4 Å². The highest BCUT2D eigenvalue weighted by molar-refractivity contribution is 5.85. The van der Waals surface area contributed by atoms with E-state index in [1.165, 1.54) is 0 Å². The fraction of sp³-hybridized carbons (Fsp3) is 0.556. The van der Waals surface area contributed by atoms with Gasteiger partial charge in [0.05, 0.1) is 5.52 Å². The van der Waals surface area contributed by atoms with Crippen molar-refractivity contribution in [1.82, 2.24) is 14.8 Å². The molecule has 4 rings (SSSR count). The molecule has 1 aromatic heterocycles. The molecular formula is C18H24ClN3O3. The van der Waals surface area contributed by atoms with Crippen molar-refractivity contribution >= 4 is 29.4 Å². The first kappa shape index (κ1) is 18.0. The summed E-state index contributed by atoms with van der Waals surface area (Å²) in [4.78, 5) is 26.5. The van der Waals surface area contributed by atoms with Gasteiger partial charge < -0.3 is 14.6 Å². The van der Waals surface area contributed by atoms with E-state index in [0.29, 0.717) is 30.4 Å². The van der Waals surface area contributed by atoms with Gasteiger partial charge in [0.2, 0.25) is 5.91 Å². The Morgan fingerprint density at radius 3 is 2.56 bits per heavy atom. The molecule has 0 radical (unpaired) electrons. The lowest BCUT2D eigenvalue weighted by molar-refractivity contribution is -0.131. The Morgan fingerprint density at radius 2 is 1.84 bits per heavy atom. The molecule has 0 bridgehead atoms. The lowest BCUT2D eigenvalue weighted by Crippen LogP contribution is -2.33. The quantitative estimate of drug-likeness (QED) is 0.901. The van der Waals surface area contributed by atoms with E-state index in [4.69, 9.17) is 4.42 Å². The summed E-state index contributed by atoms with van der Waals surface area (Å²) in [5.41, 5.74) is 1.33. The van der Waals surface area contributed by atoms with Crippen LogP contribution >= 0.6 is 12.4 Å². The van der Waals surface area contributed by atoms with Crippen LogP contribution in [0.15, 0.2) is 33.5 Å². The third kappa shape index (κ3) is 3.60. The molecule has 136 valence electrons. The van der Waals surface area contributed by atoms with Gasteiger partial charge >= 0.3 is 5.76 Å². The molecule has 7 heteroatoms. The van der Waals surface area contributed by atoms with Crippen molar-refractivity contribution in [2.45, 2.75) is 25.8 Å². The topological polar surface area (TPSA) is 67.5 Å². The zero-order valence-corrected chi connectivity index (χ0v) is 15.0. The van der Waals surface area contributed by atoms with Crippen LogP contribution in [0.1, 0.15) is 19.3 Å². The van der Waals surface area contributed by atoms with Crippen LogP contribution in [-0.2, 0) is 11.3 Å². The summed E-state index contributed by atoms with van der Waals surface area (Å²) >= 11 is 0. The van der Waals surface area contributed by atoms with Gasteiger partial charge in [-0.2, -0.15) is 0 Å². The number of halogens is 1. The summed E-state index contributed by atoms with van der Waals surface area (Å²) in [5.74, 6) is 1.17. The highest BCUT2D eigenvalue weighted by Crippen LogP contribution is 2.27. The van der Waals surface area contributed by atoms with Crippen LogP contribution in [0.5, 0.6) is 0 Å². The lowest BCUT2D eigenvalue weighted by Gasteiger charge is -2.21. The van der Waals surface area contributed by atoms with Crippen molar-refractivity contribution in [3.63, 3.8) is 0 Å². The summed E-state index contributed by atoms with van der Waals surface area (Å²) < 4.78 is 6.78. The average Bonchev–Trinajstić information content (AvgIpc) is 3.10. The first-order valence-electron chi connectivity index (χ1n) is 8.79. The molecule has 6 nitrogen and oxygen atoms in total. The molecule has 2 aromatic rings. The molecule has 2 fully saturated rings. The van der Waals surface area contributed by atoms with Crippen molar-refractivity contribution in [3.05, 3.63) is 34.8 Å². The second-order valence-electron chi connectivity index (χ2n) is 6.87. The summed E-state index contributed by atoms with van der Waals surface area (Å²) in [7, 11) is 0. The van der Waals surface area contributed by atoms with Gasteiger partial charge in [0.15, 0.2) is 5.58 Å². The zero-order valence-electron chi connectivity index (χ0n) is 14.1. The van der Waals surface area contributed by atoms with Gasteiger partial charge in [-0.25, -0.2) is 4.79 Å². The Balaban J connectivity index is 0.00000182. The molecule has 1 N–H and O–H groups in total. The second-order valence-corrected chi connectivity index (χ2v) is 6.87. The molecule has 1 amide bonds. The van der Waals surface area contributed by atoms with Gasteiger partial charge in [-0.3, -0.25) is 9.36 Å². The minimum atomic E-state index is -0.388. The van der Waals surface area contributed by atoms with E-state index >= 15 is 0 Å². The van der Waals surface area contributed by atoms with E-state index in [-0.39, 0.29) is 24.1 Å². The Labute approximate surface area is 152 Å². The minimum absolute atomic E-state index is 0. The SMILES string of the molecule is Cl.O=C(CCn1c(=O)oc2ccccc21)N1CC[C@@H]2CNC[C@@H]2CC1. The van der Waals surface area contributed by atoms with E-state index in [1.54, 1.807) is 10.6 Å². The average molecular weight is 366 g/mol. The number of amides is 1. The Bertz CT molecular complexity index is 786. The van der Waals surface area contributed by atoms with Crippen LogP contribution in [0.2, 0.25) is 0 Å². The van der Waals surface area contributed by atoms with E-state index in [1.807, 2.05) is 23.1 Å². The number of benzene rings is 1. The third-order valence-electron chi connectivity index (χ3n) is 5.50. The number of aryl methyl sites for hydroxylation is 1. The number of nitrogens with zero attached hydrogens (tertiary/aromatic N) is 2. The van der Waals surface area contributed by atoms with Gasteiger partial charge in [0.25, 0.3) is 0 Å². The molecule has 1 aromatic carbocycles. The molecule has 2 saturated heterocycles. The van der Waals surface area contributed by atoms with Crippen LogP contribution in [0.25, 0.3) is 11.1 Å². The van der Waals surface area contributed by atoms with E-state index in [9.17, 15) is 9.59 Å². The first-order chi connectivity index (χ1) is 11.7. The number of aromatic nitrogens is 1. The number of rotatable bonds is 3. The molecule has 0 unspecified atom stereocenters. The highest BCUT2D eigenvalue weighted by atomic mass is 35.5. The fourth-order valence-corrected chi connectivity index (χ4v) is 4.06. The van der Waals surface area contributed by atoms with Crippen molar-refractivity contribution in [1.29, 1.82) is 0 Å². The summed E-state index contributed by atoms with van der Waals surface area (Å²) in [6, 6.07) is 7.34. The standard InChI is InChI=1S/C18H23N3O3.ClH/c22-17(20-8-5-13-11-19-12-14(13)6-9-20)7-10-21-15-3-1-2-4-16(15)24-18(21)23;/h1-4,13-14,19H,5-12H2;1H/t13-,14+;. The Kier molecular flexibility index (Phi) is 5.49. The molecule has 2 aliphatic rings. The number of nitrogens with one attached hydrogen (secondary N) is 1. The van der Waals surface area contributed by atoms with E-state index in [0.717, 1.165) is 44.5 Å². The van der Waals surface area contributed by atoms with Crippen LogP contribution in [0, 0.1) is 11.8 Å². The zero-order chi connectivity index (χ0) is 16.5. The smallest absolute Gasteiger partial charge is 0.408 e. The monoisotopic (exact) mass is 365 g/mol. The fourth-order valence-electron chi connectivity index (χ4n) is 4.06. The number of carbonyl (C=O) groups excluding carboxylic acids is 1. The molecule has 3 heterocycles. The maximum Gasteiger partial charge on any atom is 0.419 e. The van der Waals surface area contributed by atoms with Gasteiger partial charge in [-0.1, -0.05) is 12.1 Å². The predicted molar refractivity (Wildman–Crippen MR) is 98.0 cm³/mol. The van der Waals surface area contributed by atoms with Crippen LogP contribution in [0.3, 0.4) is 0 Å². The molecule has 2 atom stereocenters. The highest BCUT2D eigenvalue weighted by Gasteiger charge is 2.31. The number of oxazole rings is 1. The number of hydrogen-bond donors (Lipinski definition) is 1. The first-order valence-corrected chi connectivity index (χ1v) is 8.79. The van der Waals surface area contributed by atoms with Crippen LogP contribution in [0.4, 0.5) is 0 Å². The van der Waals surface area contributed by atoms with Gasteiger partial charge in [0, 0.05) is 26.1 Å². The number of carbonyl (C=O) groups is 1. The Hall–Kier alpha value is -1.79. The van der Waals surface area contributed by atoms with Gasteiger partial charge in [0.1, 0.15) is 0 Å². The normalized spacial score (nSPS) is 23.1. The molecule has 0 spiro atoms. The van der Waals surface area contributed by atoms with Crippen molar-refractivity contribution in [2.75, 3.05) is 26.2 Å². The number of para-hydroxylation sites is 2. The lowest BCUT2D eigenvalue weighted by atomic mass is 9.92. The minimum Gasteiger partial charge on any atom is -0.408 e. The van der Waals surface area contributed by atoms with Crippen molar-refractivity contribution in [3.8, 4) is 0 Å². The molecular weight excluding hydrogens is 342 g/mol. The number of hydrogen-bond acceptors (Lipinski definition) is 4. The van der Waals surface area contributed by atoms with Crippen LogP contribution in [-0.4, -0.2) is 41.6 Å². The second kappa shape index (κ2) is 7.62. The predicted octanol–water partition coefficient (Wildman–Crippen LogP) is 1.86. The molecule has 0 saturated carbocycles. The number of likely N-dealkylation sites (tertiary alicyclic amines) is 1. The van der Waals surface area contributed by atoms with Gasteiger partial charge in [-0.05, 0) is 49.9 Å². The third-order valence-corrected chi connectivity index (χ3v) is 5.50. The van der Waals surface area contributed by atoms with Crippen molar-refractivity contribution < 1.29 is 9.21 Å². The maximum absolute atomic E-state index is 12.6. The Morgan fingerprint density at radius 1 is 1.16 bits per heavy atom. The van der Waals surface area contributed by atoms with Crippen molar-refractivity contribution in [2.24, 2.45) is 11.8 Å². The maximum atomic E-state index is 12.6.